The Balaban J connectivity index is 1.36. The third kappa shape index (κ3) is 3.99. The number of nitrogens with zero attached hydrogens (tertiary/aromatic N) is 3. The summed E-state index contributed by atoms with van der Waals surface area (Å²) in [6.07, 6.45) is 0. The lowest BCUT2D eigenvalue weighted by molar-refractivity contribution is 1.06. The molecule has 0 saturated heterocycles. The van der Waals surface area contributed by atoms with Crippen LogP contribution in [0.2, 0.25) is 0 Å². The largest absolute Gasteiger partial charge is 0.294 e. The molecule has 5 heteroatoms. The predicted molar refractivity (Wildman–Crippen MR) is 217 cm³/mol. The number of benzene rings is 7. The van der Waals surface area contributed by atoms with Gasteiger partial charge in [0.25, 0.3) is 0 Å². The fourth-order valence-electron chi connectivity index (χ4n) is 8.58. The van der Waals surface area contributed by atoms with Gasteiger partial charge in [0, 0.05) is 47.3 Å². The number of hydrogen-bond acceptors (Lipinski definition) is 3. The number of fused-ring (bicyclic) bond motifs is 9. The van der Waals surface area contributed by atoms with Gasteiger partial charge < -0.3 is 0 Å². The lowest BCUT2D eigenvalue weighted by Crippen LogP contribution is -2.73. The zero-order valence-corrected chi connectivity index (χ0v) is 29.3. The van der Waals surface area contributed by atoms with Crippen LogP contribution < -0.4 is 20.7 Å². The van der Waals surface area contributed by atoms with Gasteiger partial charge in [-0.1, -0.05) is 152 Å². The summed E-state index contributed by atoms with van der Waals surface area (Å²) in [7, 11) is -2.95. The first-order valence-corrected chi connectivity index (χ1v) is 20.2. The van der Waals surface area contributed by atoms with Gasteiger partial charge in [0.1, 0.15) is 5.82 Å². The van der Waals surface area contributed by atoms with Gasteiger partial charge >= 0.3 is 0 Å². The Morgan fingerprint density at radius 3 is 1.86 bits per heavy atom. The van der Waals surface area contributed by atoms with Crippen molar-refractivity contribution in [3.8, 4) is 28.5 Å². The van der Waals surface area contributed by atoms with E-state index >= 15 is 0 Å². The normalized spacial score (nSPS) is 13.3. The van der Waals surface area contributed by atoms with Crippen molar-refractivity contribution in [1.82, 2.24) is 14.5 Å². The highest BCUT2D eigenvalue weighted by Crippen LogP contribution is 2.41. The Hall–Kier alpha value is -6.14. The van der Waals surface area contributed by atoms with Crippen LogP contribution in [-0.4, -0.2) is 22.6 Å². The van der Waals surface area contributed by atoms with Crippen LogP contribution in [0.4, 0.5) is 0 Å². The highest BCUT2D eigenvalue weighted by atomic mass is 32.1. The summed E-state index contributed by atoms with van der Waals surface area (Å²) >= 11 is 1.86. The molecule has 4 heterocycles. The Morgan fingerprint density at radius 1 is 0.471 bits per heavy atom. The number of thiophene rings is 1. The Morgan fingerprint density at radius 2 is 1.10 bits per heavy atom. The van der Waals surface area contributed by atoms with Crippen LogP contribution in [-0.2, 0) is 0 Å². The number of para-hydroxylation sites is 1. The minimum absolute atomic E-state index is 0.735. The van der Waals surface area contributed by atoms with Gasteiger partial charge in [0.15, 0.2) is 13.9 Å². The molecule has 238 valence electrons. The second kappa shape index (κ2) is 10.9. The third-order valence-electron chi connectivity index (χ3n) is 10.7. The van der Waals surface area contributed by atoms with Gasteiger partial charge in [0.2, 0.25) is 0 Å². The smallest absolute Gasteiger partial charge is 0.187 e. The van der Waals surface area contributed by atoms with Crippen molar-refractivity contribution in [2.45, 2.75) is 0 Å². The topological polar surface area (TPSA) is 30.7 Å². The molecule has 1 aliphatic rings. The van der Waals surface area contributed by atoms with Crippen molar-refractivity contribution in [1.29, 1.82) is 0 Å². The molecule has 0 aliphatic carbocycles. The van der Waals surface area contributed by atoms with Gasteiger partial charge in [-0.25, -0.2) is 9.97 Å². The lowest BCUT2D eigenvalue weighted by atomic mass is 10.1. The average molecular weight is 684 g/mol. The van der Waals surface area contributed by atoms with Crippen LogP contribution in [0.3, 0.4) is 0 Å². The molecule has 11 rings (SSSR count). The first-order valence-electron chi connectivity index (χ1n) is 17.3. The molecule has 3 aromatic heterocycles. The predicted octanol–water partition coefficient (Wildman–Crippen LogP) is 8.97. The van der Waals surface area contributed by atoms with Crippen molar-refractivity contribution in [2.24, 2.45) is 0 Å². The van der Waals surface area contributed by atoms with Crippen molar-refractivity contribution < 1.29 is 0 Å². The van der Waals surface area contributed by atoms with Gasteiger partial charge in [-0.15, -0.1) is 11.3 Å². The summed E-state index contributed by atoms with van der Waals surface area (Å²) < 4.78 is 5.04. The molecule has 1 aliphatic heterocycles. The molecule has 0 radical (unpaired) electrons. The molecule has 0 spiro atoms. The van der Waals surface area contributed by atoms with Gasteiger partial charge in [-0.2, -0.15) is 0 Å². The molecule has 7 aromatic carbocycles. The van der Waals surface area contributed by atoms with Crippen LogP contribution in [0, 0.1) is 0 Å². The monoisotopic (exact) mass is 683 g/mol. The zero-order chi connectivity index (χ0) is 33.5. The molecule has 0 bridgehead atoms. The maximum absolute atomic E-state index is 5.70. The van der Waals surface area contributed by atoms with E-state index in [0.717, 1.165) is 33.9 Å². The van der Waals surface area contributed by atoms with E-state index in [4.69, 9.17) is 9.97 Å². The first-order chi connectivity index (χ1) is 25.3. The van der Waals surface area contributed by atoms with E-state index in [1.165, 1.54) is 57.3 Å². The number of aromatic nitrogens is 3. The van der Waals surface area contributed by atoms with E-state index in [2.05, 4.69) is 180 Å². The summed E-state index contributed by atoms with van der Waals surface area (Å²) in [6, 6.07) is 64.1. The van der Waals surface area contributed by atoms with Crippen molar-refractivity contribution in [3.05, 3.63) is 176 Å². The molecule has 0 N–H and O–H groups in total. The summed E-state index contributed by atoms with van der Waals surface area (Å²) in [5, 5.41) is 10.3. The van der Waals surface area contributed by atoms with E-state index in [9.17, 15) is 0 Å². The first kappa shape index (κ1) is 28.7. The zero-order valence-electron chi connectivity index (χ0n) is 27.5. The standard InChI is InChI=1S/C46H29N3SSi/c1-4-16-30(17-5-1)45-47-43-35-24-12-15-27-42(35)51(31-18-6-2-7-19-31,32-20-8-3-9-21-32)44(43)46(48-45)49-38-25-13-10-22-33(38)36-28-37-34-23-11-14-26-40(34)50-41(37)29-39(36)49/h1-29H. The van der Waals surface area contributed by atoms with Crippen molar-refractivity contribution in [2.75, 3.05) is 0 Å². The van der Waals surface area contributed by atoms with Gasteiger partial charge in [-0.05, 0) is 39.8 Å². The van der Waals surface area contributed by atoms with Crippen molar-refractivity contribution >= 4 is 82.1 Å². The number of hydrogen-bond donors (Lipinski definition) is 0. The van der Waals surface area contributed by atoms with E-state index in [1.807, 2.05) is 11.3 Å². The van der Waals surface area contributed by atoms with Crippen LogP contribution in [0.15, 0.2) is 176 Å². The maximum atomic E-state index is 5.70. The molecule has 0 saturated carbocycles. The second-order valence-corrected chi connectivity index (χ2v) is 18.1. The van der Waals surface area contributed by atoms with E-state index < -0.39 is 8.07 Å². The van der Waals surface area contributed by atoms with Gasteiger partial charge in [0.05, 0.1) is 16.7 Å². The minimum atomic E-state index is -2.95. The second-order valence-electron chi connectivity index (χ2n) is 13.3. The maximum Gasteiger partial charge on any atom is 0.187 e. The summed E-state index contributed by atoms with van der Waals surface area (Å²) in [5.41, 5.74) is 5.54. The molecular formula is C46H29N3SSi. The Labute approximate surface area is 299 Å². The van der Waals surface area contributed by atoms with E-state index in [-0.39, 0.29) is 0 Å². The highest BCUT2D eigenvalue weighted by Gasteiger charge is 2.52. The van der Waals surface area contributed by atoms with Crippen LogP contribution >= 0.6 is 11.3 Å². The fourth-order valence-corrected chi connectivity index (χ4v) is 14.9. The van der Waals surface area contributed by atoms with E-state index in [0.29, 0.717) is 0 Å². The Bertz CT molecular complexity index is 2930. The van der Waals surface area contributed by atoms with Crippen LogP contribution in [0.25, 0.3) is 70.4 Å². The summed E-state index contributed by atoms with van der Waals surface area (Å²) in [5.74, 6) is 1.69. The third-order valence-corrected chi connectivity index (χ3v) is 16.7. The molecule has 0 amide bonds. The molecule has 0 unspecified atom stereocenters. The highest BCUT2D eigenvalue weighted by molar-refractivity contribution is 7.26. The number of rotatable bonds is 4. The quantitative estimate of drug-likeness (QED) is 0.174. The fraction of sp³-hybridized carbons (Fsp3) is 0. The van der Waals surface area contributed by atoms with Crippen LogP contribution in [0.1, 0.15) is 0 Å². The van der Waals surface area contributed by atoms with Crippen LogP contribution in [0.5, 0.6) is 0 Å². The molecule has 0 fully saturated rings. The molecule has 51 heavy (non-hydrogen) atoms. The van der Waals surface area contributed by atoms with Crippen molar-refractivity contribution in [3.63, 3.8) is 0 Å². The molecular weight excluding hydrogens is 655 g/mol. The SMILES string of the molecule is c1ccc(-c2nc3c(c(-n4c5ccccc5c5cc6c(cc54)sc4ccccc46)n2)[Si](c2ccccc2)(c2ccccc2)c2ccccc2-3)cc1. The lowest BCUT2D eigenvalue weighted by Gasteiger charge is -2.32. The molecule has 0 atom stereocenters. The summed E-state index contributed by atoms with van der Waals surface area (Å²) in [6.45, 7) is 0. The molecule has 10 aromatic rings. The van der Waals surface area contributed by atoms with E-state index in [1.54, 1.807) is 0 Å². The minimum Gasteiger partial charge on any atom is -0.294 e. The van der Waals surface area contributed by atoms with Gasteiger partial charge in [-0.3, -0.25) is 4.57 Å². The Kier molecular flexibility index (Phi) is 6.14. The molecule has 3 nitrogen and oxygen atoms in total. The average Bonchev–Trinajstić information content (AvgIpc) is 3.84. The summed E-state index contributed by atoms with van der Waals surface area (Å²) in [4.78, 5) is 11.2.